The van der Waals surface area contributed by atoms with Crippen molar-refractivity contribution in [3.63, 3.8) is 0 Å². The molecule has 0 radical (unpaired) electrons. The van der Waals surface area contributed by atoms with E-state index in [2.05, 4.69) is 10.2 Å². The SMILES string of the molecule is CC(C)(C)OC(=O)N1CCC(CN2CCN(C(=O)c3cccc(C4CCC(=O)NC4=O)c3)CC2)CC1. The maximum Gasteiger partial charge on any atom is 0.410 e. The summed E-state index contributed by atoms with van der Waals surface area (Å²) in [7, 11) is 0. The minimum absolute atomic E-state index is 0.0190. The van der Waals surface area contributed by atoms with Crippen molar-refractivity contribution in [2.45, 2.75) is 58.0 Å². The van der Waals surface area contributed by atoms with Crippen molar-refractivity contribution < 1.29 is 23.9 Å². The Labute approximate surface area is 213 Å². The van der Waals surface area contributed by atoms with Crippen LogP contribution in [0.25, 0.3) is 0 Å². The van der Waals surface area contributed by atoms with E-state index in [1.54, 1.807) is 17.0 Å². The van der Waals surface area contributed by atoms with E-state index >= 15 is 0 Å². The summed E-state index contributed by atoms with van der Waals surface area (Å²) in [6.07, 6.45) is 2.49. The van der Waals surface area contributed by atoms with Gasteiger partial charge in [-0.1, -0.05) is 12.1 Å². The van der Waals surface area contributed by atoms with Gasteiger partial charge in [-0.3, -0.25) is 24.6 Å². The molecule has 196 valence electrons. The first-order valence-corrected chi connectivity index (χ1v) is 13.0. The van der Waals surface area contributed by atoms with E-state index in [9.17, 15) is 19.2 Å². The zero-order valence-corrected chi connectivity index (χ0v) is 21.6. The third-order valence-corrected chi connectivity index (χ3v) is 7.22. The van der Waals surface area contributed by atoms with Crippen LogP contribution in [0, 0.1) is 5.92 Å². The topological polar surface area (TPSA) is 99.3 Å². The van der Waals surface area contributed by atoms with E-state index in [-0.39, 0.29) is 23.8 Å². The van der Waals surface area contributed by atoms with Gasteiger partial charge in [-0.25, -0.2) is 4.79 Å². The van der Waals surface area contributed by atoms with Gasteiger partial charge in [-0.05, 0) is 63.6 Å². The van der Waals surface area contributed by atoms with Crippen LogP contribution in [0.3, 0.4) is 0 Å². The van der Waals surface area contributed by atoms with Crippen LogP contribution in [0.5, 0.6) is 0 Å². The molecule has 3 fully saturated rings. The van der Waals surface area contributed by atoms with E-state index in [0.717, 1.165) is 51.1 Å². The molecule has 0 aromatic heterocycles. The summed E-state index contributed by atoms with van der Waals surface area (Å²) in [5.74, 6) is -0.407. The number of carbonyl (C=O) groups excluding carboxylic acids is 4. The van der Waals surface area contributed by atoms with Gasteiger partial charge < -0.3 is 14.5 Å². The van der Waals surface area contributed by atoms with Gasteiger partial charge in [0.15, 0.2) is 0 Å². The zero-order chi connectivity index (χ0) is 25.9. The fraction of sp³-hybridized carbons (Fsp3) is 0.630. The molecule has 3 aliphatic rings. The zero-order valence-electron chi connectivity index (χ0n) is 21.6. The molecule has 1 unspecified atom stereocenters. The highest BCUT2D eigenvalue weighted by Gasteiger charge is 2.31. The molecule has 9 nitrogen and oxygen atoms in total. The van der Waals surface area contributed by atoms with E-state index in [4.69, 9.17) is 4.74 Å². The Hall–Kier alpha value is -2.94. The predicted molar refractivity (Wildman–Crippen MR) is 134 cm³/mol. The molecule has 3 heterocycles. The van der Waals surface area contributed by atoms with Crippen LogP contribution in [0.15, 0.2) is 24.3 Å². The second kappa shape index (κ2) is 11.0. The molecule has 0 saturated carbocycles. The number of carbonyl (C=O) groups is 4. The molecular weight excluding hydrogens is 460 g/mol. The summed E-state index contributed by atoms with van der Waals surface area (Å²) < 4.78 is 5.49. The minimum atomic E-state index is -0.475. The van der Waals surface area contributed by atoms with Gasteiger partial charge in [-0.2, -0.15) is 0 Å². The number of hydrogen-bond acceptors (Lipinski definition) is 6. The summed E-state index contributed by atoms with van der Waals surface area (Å²) in [5.41, 5.74) is 0.888. The van der Waals surface area contributed by atoms with Crippen LogP contribution < -0.4 is 5.32 Å². The normalized spacial score (nSPS) is 22.4. The fourth-order valence-electron chi connectivity index (χ4n) is 5.21. The van der Waals surface area contributed by atoms with Gasteiger partial charge in [0.25, 0.3) is 5.91 Å². The standard InChI is InChI=1S/C27H38N4O5/c1-27(2,3)36-26(35)31-11-9-19(10-12-31)18-29-13-15-30(16-14-29)25(34)21-6-4-5-20(17-21)22-7-8-23(32)28-24(22)33/h4-6,17,19,22H,7-16,18H2,1-3H3,(H,28,32,33). The summed E-state index contributed by atoms with van der Waals surface area (Å²) in [6, 6.07) is 7.25. The number of imide groups is 1. The molecule has 4 amide bonds. The monoisotopic (exact) mass is 498 g/mol. The van der Waals surface area contributed by atoms with Crippen molar-refractivity contribution in [2.24, 2.45) is 5.92 Å². The molecule has 0 aliphatic carbocycles. The molecule has 36 heavy (non-hydrogen) atoms. The number of hydrogen-bond donors (Lipinski definition) is 1. The number of nitrogens with one attached hydrogen (secondary N) is 1. The first-order chi connectivity index (χ1) is 17.1. The van der Waals surface area contributed by atoms with E-state index in [1.165, 1.54) is 0 Å². The molecule has 1 atom stereocenters. The number of likely N-dealkylation sites (tertiary alicyclic amines) is 1. The van der Waals surface area contributed by atoms with Crippen molar-refractivity contribution in [2.75, 3.05) is 45.8 Å². The van der Waals surface area contributed by atoms with Crippen LogP contribution in [-0.2, 0) is 14.3 Å². The van der Waals surface area contributed by atoms with Gasteiger partial charge in [0.1, 0.15) is 5.60 Å². The summed E-state index contributed by atoms with van der Waals surface area (Å²) in [4.78, 5) is 55.2. The second-order valence-corrected chi connectivity index (χ2v) is 11.1. The Bertz CT molecular complexity index is 988. The maximum absolute atomic E-state index is 13.2. The van der Waals surface area contributed by atoms with Crippen LogP contribution in [0.1, 0.15) is 68.3 Å². The lowest BCUT2D eigenvalue weighted by Crippen LogP contribution is -2.51. The highest BCUT2D eigenvalue weighted by Crippen LogP contribution is 2.26. The van der Waals surface area contributed by atoms with Gasteiger partial charge in [-0.15, -0.1) is 0 Å². The summed E-state index contributed by atoms with van der Waals surface area (Å²) in [5, 5.41) is 2.39. The lowest BCUT2D eigenvalue weighted by Gasteiger charge is -2.39. The Balaban J connectivity index is 1.24. The number of piperidine rings is 2. The fourth-order valence-corrected chi connectivity index (χ4v) is 5.21. The van der Waals surface area contributed by atoms with Crippen molar-refractivity contribution in [3.05, 3.63) is 35.4 Å². The van der Waals surface area contributed by atoms with Crippen molar-refractivity contribution in [1.29, 1.82) is 0 Å². The van der Waals surface area contributed by atoms with Crippen LogP contribution in [0.4, 0.5) is 4.79 Å². The first kappa shape index (κ1) is 26.1. The Morgan fingerprint density at radius 1 is 0.972 bits per heavy atom. The van der Waals surface area contributed by atoms with Crippen LogP contribution in [-0.4, -0.2) is 89.9 Å². The predicted octanol–water partition coefficient (Wildman–Crippen LogP) is 2.61. The number of piperazine rings is 1. The highest BCUT2D eigenvalue weighted by atomic mass is 16.6. The Morgan fingerprint density at radius 2 is 1.67 bits per heavy atom. The Morgan fingerprint density at radius 3 is 2.31 bits per heavy atom. The van der Waals surface area contributed by atoms with Crippen molar-refractivity contribution in [3.8, 4) is 0 Å². The first-order valence-electron chi connectivity index (χ1n) is 13.0. The minimum Gasteiger partial charge on any atom is -0.444 e. The second-order valence-electron chi connectivity index (χ2n) is 11.1. The van der Waals surface area contributed by atoms with E-state index in [0.29, 0.717) is 37.4 Å². The van der Waals surface area contributed by atoms with Gasteiger partial charge in [0.2, 0.25) is 11.8 Å². The molecule has 0 spiro atoms. The largest absolute Gasteiger partial charge is 0.444 e. The average Bonchev–Trinajstić information content (AvgIpc) is 2.83. The summed E-state index contributed by atoms with van der Waals surface area (Å²) in [6.45, 7) is 11.1. The van der Waals surface area contributed by atoms with Crippen LogP contribution >= 0.6 is 0 Å². The quantitative estimate of drug-likeness (QED) is 0.641. The molecule has 9 heteroatoms. The van der Waals surface area contributed by atoms with Crippen molar-refractivity contribution in [1.82, 2.24) is 20.0 Å². The third kappa shape index (κ3) is 6.63. The van der Waals surface area contributed by atoms with Crippen molar-refractivity contribution >= 4 is 23.8 Å². The Kier molecular flexibility index (Phi) is 7.97. The molecule has 4 rings (SSSR count). The number of nitrogens with zero attached hydrogens (tertiary/aromatic N) is 3. The summed E-state index contributed by atoms with van der Waals surface area (Å²) >= 11 is 0. The molecule has 3 aliphatic heterocycles. The highest BCUT2D eigenvalue weighted by molar-refractivity contribution is 6.01. The lowest BCUT2D eigenvalue weighted by atomic mass is 9.89. The molecule has 3 saturated heterocycles. The molecule has 1 aromatic rings. The smallest absolute Gasteiger partial charge is 0.410 e. The molecular formula is C27H38N4O5. The maximum atomic E-state index is 13.2. The number of benzene rings is 1. The van der Waals surface area contributed by atoms with E-state index in [1.807, 2.05) is 37.8 Å². The van der Waals surface area contributed by atoms with Gasteiger partial charge in [0, 0.05) is 57.8 Å². The number of rotatable bonds is 4. The molecule has 0 bridgehead atoms. The van der Waals surface area contributed by atoms with E-state index < -0.39 is 11.5 Å². The lowest BCUT2D eigenvalue weighted by molar-refractivity contribution is -0.134. The third-order valence-electron chi connectivity index (χ3n) is 7.22. The average molecular weight is 499 g/mol. The number of ether oxygens (including phenoxy) is 1. The molecule has 1 aromatic carbocycles. The van der Waals surface area contributed by atoms with Crippen LogP contribution in [0.2, 0.25) is 0 Å². The van der Waals surface area contributed by atoms with Gasteiger partial charge >= 0.3 is 6.09 Å². The number of amides is 4. The molecule has 1 N–H and O–H groups in total. The van der Waals surface area contributed by atoms with Gasteiger partial charge in [0.05, 0.1) is 5.92 Å².